The molecule has 1 heterocycles. The average molecular weight is 424 g/mol. The summed E-state index contributed by atoms with van der Waals surface area (Å²) in [5.41, 5.74) is 2.58. The van der Waals surface area contributed by atoms with E-state index in [0.717, 1.165) is 12.1 Å². The van der Waals surface area contributed by atoms with Crippen LogP contribution in [0.2, 0.25) is 0 Å². The average Bonchev–Trinajstić information content (AvgIpc) is 3.03. The Balaban J connectivity index is 1.74. The first kappa shape index (κ1) is 21.6. The van der Waals surface area contributed by atoms with E-state index in [1.54, 1.807) is 30.2 Å². The summed E-state index contributed by atoms with van der Waals surface area (Å²) in [5, 5.41) is 2.87. The van der Waals surface area contributed by atoms with Gasteiger partial charge < -0.3 is 10.1 Å². The monoisotopic (exact) mass is 423 g/mol. The molecule has 0 radical (unpaired) electrons. The van der Waals surface area contributed by atoms with Gasteiger partial charge in [-0.25, -0.2) is 4.99 Å². The molecule has 0 aliphatic carbocycles. The second-order valence-electron chi connectivity index (χ2n) is 6.71. The quantitative estimate of drug-likeness (QED) is 0.639. The molecule has 0 bridgehead atoms. The Kier molecular flexibility index (Phi) is 7.30. The fourth-order valence-electron chi connectivity index (χ4n) is 3.06. The van der Waals surface area contributed by atoms with E-state index < -0.39 is 5.25 Å². The molecule has 1 aliphatic rings. The third-order valence-corrected chi connectivity index (χ3v) is 5.83. The van der Waals surface area contributed by atoms with Crippen molar-refractivity contribution in [1.82, 2.24) is 4.90 Å². The lowest BCUT2D eigenvalue weighted by Gasteiger charge is -2.14. The number of carbonyl (C=O) groups is 2. The van der Waals surface area contributed by atoms with E-state index in [2.05, 4.69) is 23.8 Å². The first-order valence-electron chi connectivity index (χ1n) is 9.75. The lowest BCUT2D eigenvalue weighted by Crippen LogP contribution is -2.33. The number of aliphatic imine (C=N–C) groups is 1. The third-order valence-electron chi connectivity index (χ3n) is 4.65. The second kappa shape index (κ2) is 10.1. The highest BCUT2D eigenvalue weighted by Crippen LogP contribution is 2.32. The lowest BCUT2D eigenvalue weighted by molar-refractivity contribution is -0.127. The number of ether oxygens (including phenoxy) is 1. The van der Waals surface area contributed by atoms with E-state index in [1.165, 1.54) is 17.3 Å². The minimum absolute atomic E-state index is 0.0446. The largest absolute Gasteiger partial charge is 0.495 e. The van der Waals surface area contributed by atoms with Crippen LogP contribution in [-0.4, -0.2) is 40.8 Å². The number of amidine groups is 1. The summed E-state index contributed by atoms with van der Waals surface area (Å²) < 4.78 is 5.26. The van der Waals surface area contributed by atoms with Crippen LogP contribution in [0.15, 0.2) is 66.2 Å². The molecule has 2 amide bonds. The van der Waals surface area contributed by atoms with Gasteiger partial charge in [0.2, 0.25) is 11.8 Å². The summed E-state index contributed by atoms with van der Waals surface area (Å²) in [6.45, 7) is 6.18. The Labute approximate surface area is 181 Å². The number of anilines is 1. The number of nitrogens with zero attached hydrogens (tertiary/aromatic N) is 2. The molecule has 1 N–H and O–H groups in total. The molecule has 156 valence electrons. The van der Waals surface area contributed by atoms with Gasteiger partial charge in [-0.05, 0) is 36.2 Å². The molecule has 0 saturated carbocycles. The van der Waals surface area contributed by atoms with Gasteiger partial charge in [0, 0.05) is 13.0 Å². The summed E-state index contributed by atoms with van der Waals surface area (Å²) in [5.74, 6) is 0.179. The van der Waals surface area contributed by atoms with Crippen molar-refractivity contribution >= 4 is 40.1 Å². The number of rotatable bonds is 8. The molecule has 30 heavy (non-hydrogen) atoms. The molecule has 2 aromatic carbocycles. The van der Waals surface area contributed by atoms with Gasteiger partial charge in [-0.15, -0.1) is 6.58 Å². The summed E-state index contributed by atoms with van der Waals surface area (Å²) in [6.07, 6.45) is 2.66. The Bertz CT molecular complexity index is 956. The zero-order valence-corrected chi connectivity index (χ0v) is 17.9. The predicted molar refractivity (Wildman–Crippen MR) is 122 cm³/mol. The molecular weight excluding hydrogens is 398 g/mol. The third kappa shape index (κ3) is 5.10. The van der Waals surface area contributed by atoms with Crippen LogP contribution in [0, 0.1) is 0 Å². The van der Waals surface area contributed by atoms with Crippen molar-refractivity contribution in [1.29, 1.82) is 0 Å². The zero-order valence-electron chi connectivity index (χ0n) is 17.1. The molecule has 0 unspecified atom stereocenters. The van der Waals surface area contributed by atoms with Crippen molar-refractivity contribution in [3.8, 4) is 5.75 Å². The van der Waals surface area contributed by atoms with Gasteiger partial charge in [0.05, 0.1) is 18.5 Å². The summed E-state index contributed by atoms with van der Waals surface area (Å²) in [7, 11) is 1.55. The van der Waals surface area contributed by atoms with Crippen LogP contribution in [0.5, 0.6) is 5.75 Å². The fraction of sp³-hybridized carbons (Fsp3) is 0.261. The number of nitrogens with one attached hydrogen (secondary N) is 1. The molecule has 7 heteroatoms. The van der Waals surface area contributed by atoms with Gasteiger partial charge in [0.25, 0.3) is 0 Å². The standard InChI is InChI=1S/C23H25N3O3S/c1-4-14-26-22(28)20(15-21(27)25-18-8-6-7-9-19(18)29-3)30-23(26)24-17-12-10-16(5-2)11-13-17/h4,6-13,20H,1,5,14-15H2,2-3H3,(H,25,27)/t20-/m1/s1. The van der Waals surface area contributed by atoms with Crippen LogP contribution < -0.4 is 10.1 Å². The molecule has 1 aliphatic heterocycles. The highest BCUT2D eigenvalue weighted by Gasteiger charge is 2.38. The molecule has 1 saturated heterocycles. The van der Waals surface area contributed by atoms with Gasteiger partial charge in [-0.2, -0.15) is 0 Å². The van der Waals surface area contributed by atoms with Crippen molar-refractivity contribution in [2.75, 3.05) is 19.0 Å². The van der Waals surface area contributed by atoms with Gasteiger partial charge in [-0.1, -0.05) is 49.0 Å². The van der Waals surface area contributed by atoms with Crippen LogP contribution in [-0.2, 0) is 16.0 Å². The minimum atomic E-state index is -0.534. The highest BCUT2D eigenvalue weighted by atomic mass is 32.2. The lowest BCUT2D eigenvalue weighted by atomic mass is 10.2. The number of aryl methyl sites for hydroxylation is 1. The maximum atomic E-state index is 12.9. The van der Waals surface area contributed by atoms with Crippen molar-refractivity contribution in [3.05, 3.63) is 66.7 Å². The van der Waals surface area contributed by atoms with Gasteiger partial charge >= 0.3 is 0 Å². The molecule has 6 nitrogen and oxygen atoms in total. The first-order chi connectivity index (χ1) is 14.5. The second-order valence-corrected chi connectivity index (χ2v) is 7.88. The number of methoxy groups -OCH3 is 1. The van der Waals surface area contributed by atoms with E-state index in [0.29, 0.717) is 23.1 Å². The number of thioether (sulfide) groups is 1. The first-order valence-corrected chi connectivity index (χ1v) is 10.6. The Morgan fingerprint density at radius 1 is 1.27 bits per heavy atom. The summed E-state index contributed by atoms with van der Waals surface area (Å²) in [6, 6.07) is 15.1. The number of carbonyl (C=O) groups excluding carboxylic acids is 2. The molecular formula is C23H25N3O3S. The number of hydrogen-bond acceptors (Lipinski definition) is 5. The van der Waals surface area contributed by atoms with Crippen LogP contribution in [0.1, 0.15) is 18.9 Å². The molecule has 0 aromatic heterocycles. The van der Waals surface area contributed by atoms with Gasteiger partial charge in [0.15, 0.2) is 5.17 Å². The highest BCUT2D eigenvalue weighted by molar-refractivity contribution is 8.15. The van der Waals surface area contributed by atoms with E-state index >= 15 is 0 Å². The van der Waals surface area contributed by atoms with Crippen molar-refractivity contribution in [3.63, 3.8) is 0 Å². The van der Waals surface area contributed by atoms with E-state index in [4.69, 9.17) is 4.74 Å². The maximum Gasteiger partial charge on any atom is 0.242 e. The predicted octanol–water partition coefficient (Wildman–Crippen LogP) is 4.40. The van der Waals surface area contributed by atoms with E-state index in [9.17, 15) is 9.59 Å². The van der Waals surface area contributed by atoms with Crippen LogP contribution in [0.25, 0.3) is 0 Å². The molecule has 1 atom stereocenters. The normalized spacial score (nSPS) is 17.3. The Hall–Kier alpha value is -3.06. The van der Waals surface area contributed by atoms with E-state index in [1.807, 2.05) is 36.4 Å². The van der Waals surface area contributed by atoms with Crippen molar-refractivity contribution in [2.45, 2.75) is 25.0 Å². The topological polar surface area (TPSA) is 71.0 Å². The van der Waals surface area contributed by atoms with Gasteiger partial charge in [-0.3, -0.25) is 14.5 Å². The summed E-state index contributed by atoms with van der Waals surface area (Å²) in [4.78, 5) is 31.7. The van der Waals surface area contributed by atoms with Crippen molar-refractivity contribution in [2.24, 2.45) is 4.99 Å². The number of para-hydroxylation sites is 2. The smallest absolute Gasteiger partial charge is 0.242 e. The molecule has 0 spiro atoms. The van der Waals surface area contributed by atoms with Crippen LogP contribution >= 0.6 is 11.8 Å². The molecule has 3 rings (SSSR count). The Morgan fingerprint density at radius 2 is 2.00 bits per heavy atom. The fourth-order valence-corrected chi connectivity index (χ4v) is 4.22. The van der Waals surface area contributed by atoms with E-state index in [-0.39, 0.29) is 18.2 Å². The number of amides is 2. The Morgan fingerprint density at radius 3 is 2.67 bits per heavy atom. The SMILES string of the molecule is C=CCN1C(=O)[C@@H](CC(=O)Nc2ccccc2OC)SC1=Nc1ccc(CC)cc1. The number of benzene rings is 2. The minimum Gasteiger partial charge on any atom is -0.495 e. The molecule has 2 aromatic rings. The van der Waals surface area contributed by atoms with Gasteiger partial charge in [0.1, 0.15) is 11.0 Å². The summed E-state index contributed by atoms with van der Waals surface area (Å²) >= 11 is 1.31. The van der Waals surface area contributed by atoms with Crippen molar-refractivity contribution < 1.29 is 14.3 Å². The van der Waals surface area contributed by atoms with Crippen LogP contribution in [0.4, 0.5) is 11.4 Å². The zero-order chi connectivity index (χ0) is 21.5. The number of hydrogen-bond donors (Lipinski definition) is 1. The maximum absolute atomic E-state index is 12.9. The van der Waals surface area contributed by atoms with Crippen LogP contribution in [0.3, 0.4) is 0 Å². The molecule has 1 fully saturated rings.